The van der Waals surface area contributed by atoms with Gasteiger partial charge in [-0.3, -0.25) is 0 Å². The Labute approximate surface area is 156 Å². The summed E-state index contributed by atoms with van der Waals surface area (Å²) in [6.07, 6.45) is 0.818. The first-order chi connectivity index (χ1) is 12.8. The third-order valence-corrected chi connectivity index (χ3v) is 5.12. The summed E-state index contributed by atoms with van der Waals surface area (Å²) in [6.45, 7) is 0. The summed E-state index contributed by atoms with van der Waals surface area (Å²) in [5.41, 5.74) is 5.50. The third-order valence-electron chi connectivity index (χ3n) is 4.87. The lowest BCUT2D eigenvalue weighted by atomic mass is 9.95. The maximum atomic E-state index is 6.11. The highest BCUT2D eigenvalue weighted by Gasteiger charge is 2.27. The van der Waals surface area contributed by atoms with Gasteiger partial charge in [-0.15, -0.1) is 0 Å². The Kier molecular flexibility index (Phi) is 3.61. The number of para-hydroxylation sites is 2. The van der Waals surface area contributed by atoms with Crippen molar-refractivity contribution in [2.45, 2.75) is 12.5 Å². The zero-order valence-corrected chi connectivity index (χ0v) is 14.8. The predicted molar refractivity (Wildman–Crippen MR) is 107 cm³/mol. The minimum atomic E-state index is 0.141. The molecule has 1 aliphatic rings. The molecule has 1 atom stereocenters. The van der Waals surface area contributed by atoms with Crippen molar-refractivity contribution in [3.63, 3.8) is 0 Å². The Bertz CT molecular complexity index is 1110. The minimum absolute atomic E-state index is 0.141. The number of aliphatic imine (C=N–C) groups is 1. The number of fused-ring (bicyclic) bond motifs is 3. The number of rotatable bonds is 2. The predicted octanol–water partition coefficient (Wildman–Crippen LogP) is 5.80. The van der Waals surface area contributed by atoms with Crippen molar-refractivity contribution in [3.05, 3.63) is 95.0 Å². The maximum Gasteiger partial charge on any atom is 0.231 e. The van der Waals surface area contributed by atoms with Crippen LogP contribution in [0.2, 0.25) is 5.02 Å². The van der Waals surface area contributed by atoms with Crippen LogP contribution in [0.4, 0.5) is 5.95 Å². The molecule has 0 saturated heterocycles. The topological polar surface area (TPSA) is 30.2 Å². The average Bonchev–Trinajstić information content (AvgIpc) is 3.07. The molecule has 0 aliphatic carbocycles. The lowest BCUT2D eigenvalue weighted by Crippen LogP contribution is -2.20. The van der Waals surface area contributed by atoms with Gasteiger partial charge >= 0.3 is 0 Å². The smallest absolute Gasteiger partial charge is 0.231 e. The van der Waals surface area contributed by atoms with Crippen molar-refractivity contribution in [3.8, 4) is 0 Å². The van der Waals surface area contributed by atoms with Crippen LogP contribution in [0.3, 0.4) is 0 Å². The number of nitrogens with zero attached hydrogens (tertiary/aromatic N) is 3. The molecular weight excluding hydrogens is 342 g/mol. The molecule has 1 aliphatic heterocycles. The molecular formula is C22H16ClN3. The van der Waals surface area contributed by atoms with Crippen LogP contribution in [0.15, 0.2) is 83.9 Å². The average molecular weight is 358 g/mol. The molecule has 2 heterocycles. The van der Waals surface area contributed by atoms with Crippen LogP contribution in [0.25, 0.3) is 11.0 Å². The van der Waals surface area contributed by atoms with Crippen LogP contribution in [0.5, 0.6) is 0 Å². The van der Waals surface area contributed by atoms with Crippen LogP contribution >= 0.6 is 11.6 Å². The molecule has 5 rings (SSSR count). The second-order valence-electron chi connectivity index (χ2n) is 6.47. The molecule has 0 spiro atoms. The Morgan fingerprint density at radius 2 is 1.58 bits per heavy atom. The zero-order chi connectivity index (χ0) is 17.5. The number of hydrogen-bond donors (Lipinski definition) is 0. The zero-order valence-electron chi connectivity index (χ0n) is 14.0. The second kappa shape index (κ2) is 6.11. The van der Waals surface area contributed by atoms with Crippen LogP contribution in [-0.4, -0.2) is 15.3 Å². The maximum absolute atomic E-state index is 6.11. The van der Waals surface area contributed by atoms with E-state index in [1.165, 1.54) is 5.56 Å². The molecule has 1 aromatic heterocycles. The summed E-state index contributed by atoms with van der Waals surface area (Å²) in [7, 11) is 0. The molecule has 3 aromatic carbocycles. The Morgan fingerprint density at radius 1 is 0.846 bits per heavy atom. The van der Waals surface area contributed by atoms with Crippen molar-refractivity contribution in [2.75, 3.05) is 0 Å². The van der Waals surface area contributed by atoms with E-state index in [2.05, 4.69) is 34.9 Å². The van der Waals surface area contributed by atoms with Gasteiger partial charge in [0.25, 0.3) is 0 Å². The van der Waals surface area contributed by atoms with E-state index >= 15 is 0 Å². The van der Waals surface area contributed by atoms with Gasteiger partial charge in [-0.2, -0.15) is 0 Å². The fraction of sp³-hybridized carbons (Fsp3) is 0.0909. The minimum Gasteiger partial charge on any atom is -0.300 e. The van der Waals surface area contributed by atoms with Gasteiger partial charge < -0.3 is 4.57 Å². The van der Waals surface area contributed by atoms with Crippen molar-refractivity contribution in [2.24, 2.45) is 4.99 Å². The van der Waals surface area contributed by atoms with Gasteiger partial charge in [0.15, 0.2) is 0 Å². The first-order valence-electron chi connectivity index (χ1n) is 8.65. The quantitative estimate of drug-likeness (QED) is 0.445. The monoisotopic (exact) mass is 357 g/mol. The molecule has 4 aromatic rings. The number of halogens is 1. The summed E-state index contributed by atoms with van der Waals surface area (Å²) < 4.78 is 2.24. The number of benzene rings is 3. The standard InChI is InChI=1S/C22H16ClN3/c23-17-12-10-16(11-13-17)21-14-19(15-6-2-1-3-7-15)25-22-24-18-8-4-5-9-20(18)26(21)22/h1-13,21H,14H2/t21-/m1/s1. The Balaban J connectivity index is 1.73. The SMILES string of the molecule is Clc1ccc([C@H]2CC(c3ccccc3)=Nc3nc4ccccc4n32)cc1. The molecule has 4 heteroatoms. The van der Waals surface area contributed by atoms with E-state index in [0.717, 1.165) is 39.7 Å². The van der Waals surface area contributed by atoms with E-state index in [4.69, 9.17) is 21.6 Å². The van der Waals surface area contributed by atoms with Gasteiger partial charge in [-0.05, 0) is 35.4 Å². The molecule has 0 fully saturated rings. The highest BCUT2D eigenvalue weighted by molar-refractivity contribution is 6.30. The fourth-order valence-electron chi connectivity index (χ4n) is 3.62. The molecule has 3 nitrogen and oxygen atoms in total. The molecule has 0 bridgehead atoms. The van der Waals surface area contributed by atoms with E-state index in [1.807, 2.05) is 48.5 Å². The van der Waals surface area contributed by atoms with Gasteiger partial charge in [0.1, 0.15) is 0 Å². The molecule has 0 unspecified atom stereocenters. The van der Waals surface area contributed by atoms with Gasteiger partial charge in [0.2, 0.25) is 5.95 Å². The summed E-state index contributed by atoms with van der Waals surface area (Å²) >= 11 is 6.11. The Hall–Kier alpha value is -2.91. The molecule has 0 N–H and O–H groups in total. The first kappa shape index (κ1) is 15.4. The van der Waals surface area contributed by atoms with E-state index < -0.39 is 0 Å². The molecule has 0 saturated carbocycles. The summed E-state index contributed by atoms with van der Waals surface area (Å²) in [4.78, 5) is 9.66. The van der Waals surface area contributed by atoms with E-state index in [1.54, 1.807) is 0 Å². The van der Waals surface area contributed by atoms with E-state index in [-0.39, 0.29) is 6.04 Å². The van der Waals surface area contributed by atoms with Gasteiger partial charge in [-0.1, -0.05) is 66.2 Å². The summed E-state index contributed by atoms with van der Waals surface area (Å²) in [5, 5.41) is 0.747. The highest BCUT2D eigenvalue weighted by Crippen LogP contribution is 2.37. The molecule has 126 valence electrons. The van der Waals surface area contributed by atoms with Crippen molar-refractivity contribution in [1.29, 1.82) is 0 Å². The van der Waals surface area contributed by atoms with Crippen LogP contribution in [0.1, 0.15) is 23.6 Å². The number of imidazole rings is 1. The molecule has 0 amide bonds. The van der Waals surface area contributed by atoms with Gasteiger partial charge in [0.05, 0.1) is 22.8 Å². The molecule has 26 heavy (non-hydrogen) atoms. The van der Waals surface area contributed by atoms with Gasteiger partial charge in [-0.25, -0.2) is 9.98 Å². The van der Waals surface area contributed by atoms with Crippen molar-refractivity contribution < 1.29 is 0 Å². The van der Waals surface area contributed by atoms with Crippen molar-refractivity contribution in [1.82, 2.24) is 9.55 Å². The normalized spacial score (nSPS) is 16.3. The van der Waals surface area contributed by atoms with Gasteiger partial charge in [0, 0.05) is 11.4 Å². The van der Waals surface area contributed by atoms with Crippen LogP contribution < -0.4 is 0 Å². The largest absolute Gasteiger partial charge is 0.300 e. The second-order valence-corrected chi connectivity index (χ2v) is 6.90. The fourth-order valence-corrected chi connectivity index (χ4v) is 3.75. The number of hydrogen-bond acceptors (Lipinski definition) is 2. The molecule has 0 radical (unpaired) electrons. The van der Waals surface area contributed by atoms with E-state index in [0.29, 0.717) is 0 Å². The third kappa shape index (κ3) is 2.52. The first-order valence-corrected chi connectivity index (χ1v) is 9.03. The Morgan fingerprint density at radius 3 is 2.38 bits per heavy atom. The van der Waals surface area contributed by atoms with Crippen LogP contribution in [-0.2, 0) is 0 Å². The van der Waals surface area contributed by atoms with Crippen LogP contribution in [0, 0.1) is 0 Å². The van der Waals surface area contributed by atoms with E-state index in [9.17, 15) is 0 Å². The summed E-state index contributed by atoms with van der Waals surface area (Å²) in [6, 6.07) is 26.8. The summed E-state index contributed by atoms with van der Waals surface area (Å²) in [5.74, 6) is 0.760. The lowest BCUT2D eigenvalue weighted by molar-refractivity contribution is 0.612. The highest BCUT2D eigenvalue weighted by atomic mass is 35.5. The van der Waals surface area contributed by atoms with Crippen molar-refractivity contribution >= 4 is 34.3 Å². The lowest BCUT2D eigenvalue weighted by Gasteiger charge is -2.26. The number of aromatic nitrogens is 2.